The highest BCUT2D eigenvalue weighted by molar-refractivity contribution is 6.32. The van der Waals surface area contributed by atoms with Crippen molar-refractivity contribution in [3.63, 3.8) is 0 Å². The molecule has 0 saturated carbocycles. The van der Waals surface area contributed by atoms with Crippen LogP contribution in [0.2, 0.25) is 5.02 Å². The summed E-state index contributed by atoms with van der Waals surface area (Å²) in [5.41, 5.74) is 0.449. The smallest absolute Gasteiger partial charge is 0.246 e. The van der Waals surface area contributed by atoms with Gasteiger partial charge in [-0.3, -0.25) is 4.79 Å². The number of nitrogens with zero attached hydrogens (tertiary/aromatic N) is 4. The SMILES string of the molecule is O=C(Cn1cnnn1)Nc1ccc(Cl)c(O)c1. The number of phenolic OH excluding ortho intramolecular Hbond substituents is 1. The van der Waals surface area contributed by atoms with Crippen molar-refractivity contribution in [2.75, 3.05) is 5.32 Å². The second-order valence-electron chi connectivity index (χ2n) is 3.22. The number of phenols is 1. The second kappa shape index (κ2) is 4.79. The molecule has 88 valence electrons. The number of hydrogen-bond acceptors (Lipinski definition) is 5. The summed E-state index contributed by atoms with van der Waals surface area (Å²) in [5, 5.41) is 22.5. The Morgan fingerprint density at radius 1 is 1.53 bits per heavy atom. The fourth-order valence-corrected chi connectivity index (χ4v) is 1.31. The van der Waals surface area contributed by atoms with E-state index in [9.17, 15) is 9.90 Å². The molecule has 7 nitrogen and oxygen atoms in total. The van der Waals surface area contributed by atoms with E-state index < -0.39 is 0 Å². The Morgan fingerprint density at radius 3 is 3.00 bits per heavy atom. The maximum Gasteiger partial charge on any atom is 0.246 e. The lowest BCUT2D eigenvalue weighted by Gasteiger charge is -2.05. The van der Waals surface area contributed by atoms with Crippen molar-refractivity contribution in [3.8, 4) is 5.75 Å². The first-order chi connectivity index (χ1) is 8.15. The molecule has 0 aliphatic carbocycles. The Balaban J connectivity index is 2.00. The first-order valence-electron chi connectivity index (χ1n) is 4.64. The number of halogens is 1. The first kappa shape index (κ1) is 11.3. The molecule has 2 aromatic rings. The monoisotopic (exact) mass is 253 g/mol. The van der Waals surface area contributed by atoms with Crippen LogP contribution in [0.25, 0.3) is 0 Å². The van der Waals surface area contributed by atoms with Crippen LogP contribution in [-0.4, -0.2) is 31.2 Å². The van der Waals surface area contributed by atoms with Gasteiger partial charge in [0.05, 0.1) is 5.02 Å². The average Bonchev–Trinajstić information content (AvgIpc) is 2.76. The summed E-state index contributed by atoms with van der Waals surface area (Å²) in [4.78, 5) is 11.5. The highest BCUT2D eigenvalue weighted by Gasteiger charge is 2.06. The van der Waals surface area contributed by atoms with Crippen molar-refractivity contribution in [1.29, 1.82) is 0 Å². The van der Waals surface area contributed by atoms with Gasteiger partial charge in [-0.2, -0.15) is 0 Å². The lowest BCUT2D eigenvalue weighted by Crippen LogP contribution is -2.19. The summed E-state index contributed by atoms with van der Waals surface area (Å²) >= 11 is 5.64. The Bertz CT molecular complexity index is 528. The van der Waals surface area contributed by atoms with E-state index >= 15 is 0 Å². The van der Waals surface area contributed by atoms with E-state index in [0.717, 1.165) is 0 Å². The zero-order chi connectivity index (χ0) is 12.3. The number of tetrazole rings is 1. The van der Waals surface area contributed by atoms with Crippen molar-refractivity contribution in [3.05, 3.63) is 29.5 Å². The molecule has 0 saturated heterocycles. The number of benzene rings is 1. The van der Waals surface area contributed by atoms with Crippen LogP contribution >= 0.6 is 11.6 Å². The molecule has 0 aliphatic rings. The summed E-state index contributed by atoms with van der Waals surface area (Å²) in [6.45, 7) is -0.00358. The molecule has 0 unspecified atom stereocenters. The van der Waals surface area contributed by atoms with Crippen LogP contribution in [-0.2, 0) is 11.3 Å². The molecular weight excluding hydrogens is 246 g/mol. The van der Waals surface area contributed by atoms with Gasteiger partial charge in [0.2, 0.25) is 5.91 Å². The molecule has 2 N–H and O–H groups in total. The topological polar surface area (TPSA) is 92.9 Å². The van der Waals surface area contributed by atoms with Crippen LogP contribution in [0.3, 0.4) is 0 Å². The van der Waals surface area contributed by atoms with Crippen molar-refractivity contribution in [1.82, 2.24) is 20.2 Å². The molecule has 0 spiro atoms. The van der Waals surface area contributed by atoms with Gasteiger partial charge in [0.15, 0.2) is 0 Å². The van der Waals surface area contributed by atoms with Gasteiger partial charge in [-0.1, -0.05) is 11.6 Å². The van der Waals surface area contributed by atoms with Gasteiger partial charge < -0.3 is 10.4 Å². The van der Waals surface area contributed by atoms with Gasteiger partial charge in [0.25, 0.3) is 0 Å². The van der Waals surface area contributed by atoms with E-state index in [-0.39, 0.29) is 23.2 Å². The lowest BCUT2D eigenvalue weighted by molar-refractivity contribution is -0.116. The number of anilines is 1. The number of amides is 1. The molecule has 1 aromatic heterocycles. The summed E-state index contributed by atoms with van der Waals surface area (Å²) < 4.78 is 1.28. The van der Waals surface area contributed by atoms with Gasteiger partial charge in [-0.15, -0.1) is 5.10 Å². The molecule has 0 atom stereocenters. The molecule has 8 heteroatoms. The molecule has 1 aromatic carbocycles. The second-order valence-corrected chi connectivity index (χ2v) is 3.63. The van der Waals surface area contributed by atoms with Crippen molar-refractivity contribution in [2.45, 2.75) is 6.54 Å². The summed E-state index contributed by atoms with van der Waals surface area (Å²) in [6.07, 6.45) is 1.33. The van der Waals surface area contributed by atoms with E-state index in [1.807, 2.05) is 0 Å². The molecule has 0 radical (unpaired) electrons. The molecule has 0 fully saturated rings. The van der Waals surface area contributed by atoms with Crippen LogP contribution in [0.5, 0.6) is 5.75 Å². The molecular formula is C9H8ClN5O2. The van der Waals surface area contributed by atoms with Gasteiger partial charge in [-0.25, -0.2) is 4.68 Å². The summed E-state index contributed by atoms with van der Waals surface area (Å²) in [5.74, 6) is -0.397. The predicted octanol–water partition coefficient (Wildman–Crippen LogP) is 0.671. The van der Waals surface area contributed by atoms with Crippen LogP contribution in [0.15, 0.2) is 24.5 Å². The van der Waals surface area contributed by atoms with Gasteiger partial charge in [-0.05, 0) is 22.6 Å². The largest absolute Gasteiger partial charge is 0.506 e. The third-order valence-electron chi connectivity index (χ3n) is 1.93. The molecule has 1 heterocycles. The highest BCUT2D eigenvalue weighted by Crippen LogP contribution is 2.25. The number of rotatable bonds is 3. The number of nitrogens with one attached hydrogen (secondary N) is 1. The van der Waals surface area contributed by atoms with Gasteiger partial charge in [0.1, 0.15) is 18.6 Å². The van der Waals surface area contributed by atoms with Crippen LogP contribution in [0.1, 0.15) is 0 Å². The zero-order valence-corrected chi connectivity index (χ0v) is 9.29. The van der Waals surface area contributed by atoms with Crippen molar-refractivity contribution < 1.29 is 9.90 Å². The maximum atomic E-state index is 11.5. The van der Waals surface area contributed by atoms with E-state index in [1.54, 1.807) is 6.07 Å². The number of hydrogen-bond donors (Lipinski definition) is 2. The van der Waals surface area contributed by atoms with Crippen molar-refractivity contribution >= 4 is 23.2 Å². The quantitative estimate of drug-likeness (QED) is 0.839. The Morgan fingerprint density at radius 2 is 2.35 bits per heavy atom. The zero-order valence-electron chi connectivity index (χ0n) is 8.54. The lowest BCUT2D eigenvalue weighted by atomic mass is 10.3. The molecule has 0 aliphatic heterocycles. The van der Waals surface area contributed by atoms with Crippen molar-refractivity contribution in [2.24, 2.45) is 0 Å². The minimum absolute atomic E-state index is 0.00358. The molecule has 0 bridgehead atoms. The first-order valence-corrected chi connectivity index (χ1v) is 5.02. The van der Waals surface area contributed by atoms with Crippen LogP contribution in [0, 0.1) is 0 Å². The van der Waals surface area contributed by atoms with E-state index in [1.165, 1.54) is 23.1 Å². The van der Waals surface area contributed by atoms with Gasteiger partial charge >= 0.3 is 0 Å². The molecule has 1 amide bonds. The van der Waals surface area contributed by atoms with E-state index in [4.69, 9.17) is 11.6 Å². The van der Waals surface area contributed by atoms with Gasteiger partial charge in [0, 0.05) is 11.8 Å². The number of carbonyl (C=O) groups is 1. The fourth-order valence-electron chi connectivity index (χ4n) is 1.19. The number of carbonyl (C=O) groups excluding carboxylic acids is 1. The Kier molecular flexibility index (Phi) is 3.20. The minimum Gasteiger partial charge on any atom is -0.506 e. The van der Waals surface area contributed by atoms with E-state index in [2.05, 4.69) is 20.8 Å². The number of aromatic nitrogens is 4. The average molecular weight is 254 g/mol. The summed E-state index contributed by atoms with van der Waals surface area (Å²) in [7, 11) is 0. The normalized spacial score (nSPS) is 10.2. The molecule has 2 rings (SSSR count). The fraction of sp³-hybridized carbons (Fsp3) is 0.111. The predicted molar refractivity (Wildman–Crippen MR) is 59.6 cm³/mol. The standard InChI is InChI=1S/C9H8ClN5O2/c10-7-2-1-6(3-8(7)16)12-9(17)4-15-5-11-13-14-15/h1-3,5,16H,4H2,(H,12,17). The Labute approximate surface area is 101 Å². The maximum absolute atomic E-state index is 11.5. The minimum atomic E-state index is -0.306. The number of aromatic hydroxyl groups is 1. The molecule has 17 heavy (non-hydrogen) atoms. The third-order valence-corrected chi connectivity index (χ3v) is 2.25. The third kappa shape index (κ3) is 2.91. The van der Waals surface area contributed by atoms with E-state index in [0.29, 0.717) is 5.69 Å². The summed E-state index contributed by atoms with van der Waals surface area (Å²) in [6, 6.07) is 4.43. The van der Waals surface area contributed by atoms with Crippen LogP contribution < -0.4 is 5.32 Å². The van der Waals surface area contributed by atoms with Crippen LogP contribution in [0.4, 0.5) is 5.69 Å². The Hall–Kier alpha value is -2.15. The highest BCUT2D eigenvalue weighted by atomic mass is 35.5.